The van der Waals surface area contributed by atoms with Gasteiger partial charge in [-0.15, -0.1) is 0 Å². The average Bonchev–Trinajstić information content (AvgIpc) is 2.95. The van der Waals surface area contributed by atoms with Gasteiger partial charge in [-0.1, -0.05) is 109 Å². The normalized spacial score (nSPS) is 11.3. The number of pyridine rings is 1. The molecular weight excluding hydrogens is 530 g/mol. The zero-order valence-corrected chi connectivity index (χ0v) is 25.9. The molecule has 1 aromatic rings. The third-order valence-corrected chi connectivity index (χ3v) is 6.80. The number of unbranched alkanes of at least 4 members (excludes halogenated alkanes) is 15. The summed E-state index contributed by atoms with van der Waals surface area (Å²) in [5.41, 5.74) is 0. The van der Waals surface area contributed by atoms with Crippen molar-refractivity contribution in [1.29, 1.82) is 0 Å². The summed E-state index contributed by atoms with van der Waals surface area (Å²) in [6.45, 7) is 4.26. The summed E-state index contributed by atoms with van der Waals surface area (Å²) in [4.78, 5) is 23.6. The highest BCUT2D eigenvalue weighted by atomic mass is 35.5. The van der Waals surface area contributed by atoms with Crippen molar-refractivity contribution in [1.82, 2.24) is 10.6 Å². The van der Waals surface area contributed by atoms with Gasteiger partial charge in [-0.25, -0.2) is 14.2 Å². The fourth-order valence-corrected chi connectivity index (χ4v) is 4.43. The van der Waals surface area contributed by atoms with Crippen LogP contribution in [0.25, 0.3) is 0 Å². The van der Waals surface area contributed by atoms with Crippen LogP contribution in [0.15, 0.2) is 30.6 Å². The quantitative estimate of drug-likeness (QED) is 0.135. The number of alkyl carbamates (subject to hydrolysis) is 2. The van der Waals surface area contributed by atoms with Gasteiger partial charge in [0.25, 0.3) is 0 Å². The van der Waals surface area contributed by atoms with Gasteiger partial charge < -0.3 is 37.3 Å². The first-order valence-corrected chi connectivity index (χ1v) is 15.4. The van der Waals surface area contributed by atoms with Crippen molar-refractivity contribution in [3.05, 3.63) is 30.6 Å². The largest absolute Gasteiger partial charge is 1.00 e. The molecule has 1 rings (SSSR count). The van der Waals surface area contributed by atoms with E-state index in [2.05, 4.69) is 22.3 Å². The van der Waals surface area contributed by atoms with Gasteiger partial charge in [0.05, 0.1) is 26.3 Å². The van der Waals surface area contributed by atoms with Crippen molar-refractivity contribution in [2.45, 2.75) is 122 Å². The molecule has 9 heteroatoms. The summed E-state index contributed by atoms with van der Waals surface area (Å²) in [7, 11) is 1.30. The van der Waals surface area contributed by atoms with E-state index in [4.69, 9.17) is 9.47 Å². The number of aromatic nitrogens is 1. The lowest BCUT2D eigenvalue weighted by Crippen LogP contribution is -3.00. The van der Waals surface area contributed by atoms with Gasteiger partial charge in [0.2, 0.25) is 0 Å². The molecule has 0 saturated heterocycles. The molecule has 40 heavy (non-hydrogen) atoms. The van der Waals surface area contributed by atoms with E-state index in [1.807, 2.05) is 35.2 Å². The lowest BCUT2D eigenvalue weighted by atomic mass is 10.0. The standard InChI is InChI=1S/C31H55N3O5.ClH/c1-3-4-5-6-7-8-9-10-11-12-13-14-15-16-17-21-26-38-27-29(33-31(36)37-2)28-39-30(35)32-22-25-34-23-19-18-20-24-34;/h18-20,23-24,29H,3-17,21-22,25-28H2,1-2H3,(H-,32,33,35,36);1H/t29-;/m0./s1. The summed E-state index contributed by atoms with van der Waals surface area (Å²) in [5, 5.41) is 5.38. The minimum Gasteiger partial charge on any atom is -1.00 e. The zero-order chi connectivity index (χ0) is 28.2. The molecule has 1 heterocycles. The minimum absolute atomic E-state index is 0. The number of hydrogen-bond acceptors (Lipinski definition) is 5. The maximum Gasteiger partial charge on any atom is 0.407 e. The van der Waals surface area contributed by atoms with Gasteiger partial charge in [0.15, 0.2) is 18.9 Å². The minimum atomic E-state index is -0.574. The topological polar surface area (TPSA) is 89.8 Å². The lowest BCUT2D eigenvalue weighted by Gasteiger charge is -2.18. The molecule has 1 atom stereocenters. The predicted molar refractivity (Wildman–Crippen MR) is 156 cm³/mol. The molecule has 0 spiro atoms. The maximum atomic E-state index is 12.0. The van der Waals surface area contributed by atoms with Gasteiger partial charge in [0.1, 0.15) is 6.61 Å². The van der Waals surface area contributed by atoms with Gasteiger partial charge >= 0.3 is 12.2 Å². The number of nitrogens with zero attached hydrogens (tertiary/aromatic N) is 1. The number of amides is 2. The van der Waals surface area contributed by atoms with E-state index in [1.165, 1.54) is 97.0 Å². The van der Waals surface area contributed by atoms with Crippen LogP contribution in [0, 0.1) is 0 Å². The Labute approximate surface area is 249 Å². The second kappa shape index (κ2) is 28.5. The number of hydrogen-bond donors (Lipinski definition) is 2. The average molecular weight is 586 g/mol. The summed E-state index contributed by atoms with van der Waals surface area (Å²) >= 11 is 0. The Bertz CT molecular complexity index is 711. The van der Waals surface area contributed by atoms with E-state index in [0.29, 0.717) is 19.7 Å². The molecule has 1 aromatic heterocycles. The van der Waals surface area contributed by atoms with E-state index >= 15 is 0 Å². The number of methoxy groups -OCH3 is 1. The molecule has 0 fully saturated rings. The molecule has 0 radical (unpaired) electrons. The van der Waals surface area contributed by atoms with Crippen molar-refractivity contribution in [3.63, 3.8) is 0 Å². The summed E-state index contributed by atoms with van der Waals surface area (Å²) in [6, 6.07) is 5.34. The smallest absolute Gasteiger partial charge is 0.407 e. The second-order valence-corrected chi connectivity index (χ2v) is 10.3. The Kier molecular flexibility index (Phi) is 27.0. The van der Waals surface area contributed by atoms with Crippen molar-refractivity contribution in [2.75, 3.05) is 33.5 Å². The van der Waals surface area contributed by atoms with Crippen LogP contribution < -0.4 is 27.6 Å². The van der Waals surface area contributed by atoms with Crippen molar-refractivity contribution < 1.29 is 40.8 Å². The predicted octanol–water partition coefficient (Wildman–Crippen LogP) is 3.71. The van der Waals surface area contributed by atoms with E-state index in [1.54, 1.807) is 0 Å². The van der Waals surface area contributed by atoms with E-state index < -0.39 is 18.2 Å². The molecular formula is C31H56ClN3O5. The number of ether oxygens (including phenoxy) is 3. The SMILES string of the molecule is CCCCCCCCCCCCCCCCCCOC[C@@H](COC(=O)NCC[n+]1ccccc1)NC(=O)OC.[Cl-]. The molecule has 0 aromatic carbocycles. The van der Waals surface area contributed by atoms with Crippen molar-refractivity contribution in [2.24, 2.45) is 0 Å². The van der Waals surface area contributed by atoms with Crippen molar-refractivity contribution >= 4 is 12.2 Å². The van der Waals surface area contributed by atoms with Crippen molar-refractivity contribution in [3.8, 4) is 0 Å². The number of carbonyl (C=O) groups excluding carboxylic acids is 2. The van der Waals surface area contributed by atoms with Crippen LogP contribution >= 0.6 is 0 Å². The van der Waals surface area contributed by atoms with Gasteiger partial charge in [-0.05, 0) is 6.42 Å². The first kappa shape index (κ1) is 37.9. The molecule has 0 bridgehead atoms. The number of carbonyl (C=O) groups is 2. The molecule has 2 amide bonds. The number of nitrogens with one attached hydrogen (secondary N) is 2. The highest BCUT2D eigenvalue weighted by Gasteiger charge is 2.16. The fourth-order valence-electron chi connectivity index (χ4n) is 4.43. The second-order valence-electron chi connectivity index (χ2n) is 10.3. The molecule has 0 unspecified atom stereocenters. The molecule has 0 aliphatic carbocycles. The first-order valence-electron chi connectivity index (χ1n) is 15.4. The molecule has 232 valence electrons. The van der Waals surface area contributed by atoms with Crippen LogP contribution in [-0.4, -0.2) is 51.7 Å². The van der Waals surface area contributed by atoms with Gasteiger partial charge in [-0.3, -0.25) is 0 Å². The summed E-state index contributed by atoms with van der Waals surface area (Å²) < 4.78 is 17.7. The molecule has 2 N–H and O–H groups in total. The molecule has 0 aliphatic heterocycles. The molecule has 0 saturated carbocycles. The first-order chi connectivity index (χ1) is 19.2. The van der Waals surface area contributed by atoms with E-state index in [-0.39, 0.29) is 25.6 Å². The number of halogens is 1. The van der Waals surface area contributed by atoms with Crippen LogP contribution in [0.5, 0.6) is 0 Å². The van der Waals surface area contributed by atoms with Crippen LogP contribution in [0.3, 0.4) is 0 Å². The van der Waals surface area contributed by atoms with Crippen LogP contribution in [0.2, 0.25) is 0 Å². The Hall–Kier alpha value is -2.06. The van der Waals surface area contributed by atoms with E-state index in [0.717, 1.165) is 12.8 Å². The monoisotopic (exact) mass is 585 g/mol. The molecule has 0 aliphatic rings. The van der Waals surface area contributed by atoms with Crippen LogP contribution in [0.1, 0.15) is 110 Å². The lowest BCUT2D eigenvalue weighted by molar-refractivity contribution is -0.694. The Morgan fingerprint density at radius 1 is 0.725 bits per heavy atom. The number of rotatable bonds is 25. The maximum absolute atomic E-state index is 12.0. The Morgan fingerprint density at radius 2 is 1.25 bits per heavy atom. The highest BCUT2D eigenvalue weighted by Crippen LogP contribution is 2.13. The Balaban J connectivity index is 0.0000152. The molecule has 8 nitrogen and oxygen atoms in total. The van der Waals surface area contributed by atoms with Gasteiger partial charge in [0, 0.05) is 18.7 Å². The van der Waals surface area contributed by atoms with Gasteiger partial charge in [-0.2, -0.15) is 0 Å². The third kappa shape index (κ3) is 23.8. The highest BCUT2D eigenvalue weighted by molar-refractivity contribution is 5.68. The summed E-state index contributed by atoms with van der Waals surface area (Å²) in [6.07, 6.45) is 24.1. The fraction of sp³-hybridized carbons (Fsp3) is 0.774. The van der Waals surface area contributed by atoms with Crippen LogP contribution in [-0.2, 0) is 20.8 Å². The summed E-state index contributed by atoms with van der Waals surface area (Å²) in [5.74, 6) is 0. The van der Waals surface area contributed by atoms with Crippen LogP contribution in [0.4, 0.5) is 9.59 Å². The zero-order valence-electron chi connectivity index (χ0n) is 25.2. The Morgan fingerprint density at radius 3 is 1.77 bits per heavy atom. The van der Waals surface area contributed by atoms with E-state index in [9.17, 15) is 9.59 Å². The third-order valence-electron chi connectivity index (χ3n) is 6.80.